The van der Waals surface area contributed by atoms with E-state index in [0.717, 1.165) is 11.1 Å². The van der Waals surface area contributed by atoms with E-state index in [-0.39, 0.29) is 32.4 Å². The lowest BCUT2D eigenvalue weighted by Crippen LogP contribution is -2.70. The maximum Gasteiger partial charge on any atom is 0.348 e. The van der Waals surface area contributed by atoms with E-state index in [1.165, 1.54) is 11.1 Å². The molecule has 1 saturated carbocycles. The van der Waals surface area contributed by atoms with Crippen molar-refractivity contribution in [3.05, 3.63) is 76.9 Å². The number of rotatable bonds is 11. The zero-order valence-corrected chi connectivity index (χ0v) is 33.3. The number of nitrogens with zero attached hydrogens (tertiary/aromatic N) is 1. The highest BCUT2D eigenvalue weighted by Gasteiger charge is 2.76. The molecule has 15 heteroatoms. The summed E-state index contributed by atoms with van der Waals surface area (Å²) in [5.74, 6) is -3.99. The number of hydrogen-bond donors (Lipinski definition) is 2. The predicted octanol–water partition coefficient (Wildman–Crippen LogP) is 2.87. The zero-order chi connectivity index (χ0) is 41.2. The topological polar surface area (TPSA) is 185 Å². The van der Waals surface area contributed by atoms with E-state index in [1.807, 2.05) is 30.3 Å². The first-order chi connectivity index (χ1) is 27.5. The van der Waals surface area contributed by atoms with Crippen LogP contribution in [0, 0.1) is 10.8 Å². The molecule has 1 spiro atoms. The summed E-state index contributed by atoms with van der Waals surface area (Å²) in [7, 11) is 0. The van der Waals surface area contributed by atoms with Crippen LogP contribution < -0.4 is 5.32 Å². The molecule has 5 fully saturated rings. The number of fused-ring (bicyclic) bond motifs is 5. The molecule has 2 N–H and O–H groups in total. The number of carbonyl (C=O) groups excluding carboxylic acids is 5. The third kappa shape index (κ3) is 7.43. The second-order valence-corrected chi connectivity index (χ2v) is 17.9. The molecule has 6 aliphatic rings. The first kappa shape index (κ1) is 40.1. The van der Waals surface area contributed by atoms with Crippen LogP contribution in [0.4, 0.5) is 0 Å². The van der Waals surface area contributed by atoms with Crippen molar-refractivity contribution >= 4 is 35.9 Å². The third-order valence-electron chi connectivity index (χ3n) is 11.8. The number of aliphatic hydroxyl groups excluding tert-OH is 1. The number of nitrogens with one attached hydrogen (secondary N) is 1. The first-order valence-corrected chi connectivity index (χ1v) is 19.8. The fourth-order valence-corrected chi connectivity index (χ4v) is 9.20. The number of hydroxylamine groups is 2. The molecule has 2 aliphatic carbocycles. The molecule has 4 saturated heterocycles. The average molecular weight is 803 g/mol. The largest absolute Gasteiger partial charge is 0.462 e. The third-order valence-corrected chi connectivity index (χ3v) is 11.8. The van der Waals surface area contributed by atoms with Crippen LogP contribution in [0.5, 0.6) is 0 Å². The molecule has 0 aromatic heterocycles. The molecule has 310 valence electrons. The van der Waals surface area contributed by atoms with Crippen LogP contribution in [0.1, 0.15) is 76.1 Å². The molecule has 2 bridgehead atoms. The van der Waals surface area contributed by atoms with Gasteiger partial charge in [0, 0.05) is 37.2 Å². The van der Waals surface area contributed by atoms with E-state index < -0.39 is 101 Å². The van der Waals surface area contributed by atoms with Crippen molar-refractivity contribution in [2.75, 3.05) is 13.2 Å². The molecule has 8 atom stereocenters. The summed E-state index contributed by atoms with van der Waals surface area (Å²) in [6.07, 6.45) is -0.461. The molecule has 4 aliphatic heterocycles. The summed E-state index contributed by atoms with van der Waals surface area (Å²) in [5.41, 5.74) is 0.623. The number of amides is 1. The van der Waals surface area contributed by atoms with Gasteiger partial charge >= 0.3 is 23.9 Å². The fourth-order valence-electron chi connectivity index (χ4n) is 9.20. The van der Waals surface area contributed by atoms with Crippen LogP contribution in [0.25, 0.3) is 6.08 Å². The van der Waals surface area contributed by atoms with Gasteiger partial charge in [-0.2, -0.15) is 5.06 Å². The van der Waals surface area contributed by atoms with Crippen molar-refractivity contribution in [2.45, 2.75) is 127 Å². The van der Waals surface area contributed by atoms with E-state index in [2.05, 4.69) is 5.32 Å². The Bertz CT molecular complexity index is 2000. The quantitative estimate of drug-likeness (QED) is 0.192. The lowest BCUT2D eigenvalue weighted by molar-refractivity contribution is -0.217. The fraction of sp³-hybridized carbons (Fsp3) is 0.558. The summed E-state index contributed by atoms with van der Waals surface area (Å²) in [6, 6.07) is 13.1. The van der Waals surface area contributed by atoms with Crippen molar-refractivity contribution in [1.82, 2.24) is 10.4 Å². The van der Waals surface area contributed by atoms with Gasteiger partial charge in [0.1, 0.15) is 42.0 Å². The van der Waals surface area contributed by atoms with E-state index in [9.17, 15) is 29.1 Å². The van der Waals surface area contributed by atoms with E-state index >= 15 is 0 Å². The van der Waals surface area contributed by atoms with E-state index in [4.69, 9.17) is 33.3 Å². The molecule has 15 nitrogen and oxygen atoms in total. The van der Waals surface area contributed by atoms with Crippen molar-refractivity contribution in [2.24, 2.45) is 10.8 Å². The Morgan fingerprint density at radius 2 is 1.74 bits per heavy atom. The molecule has 2 aromatic carbocycles. The first-order valence-electron chi connectivity index (χ1n) is 19.8. The van der Waals surface area contributed by atoms with Crippen molar-refractivity contribution in [1.29, 1.82) is 0 Å². The van der Waals surface area contributed by atoms with Crippen LogP contribution in [-0.4, -0.2) is 107 Å². The van der Waals surface area contributed by atoms with Crippen LogP contribution >= 0.6 is 0 Å². The zero-order valence-electron chi connectivity index (χ0n) is 33.3. The van der Waals surface area contributed by atoms with Crippen LogP contribution in [0.3, 0.4) is 0 Å². The normalized spacial score (nSPS) is 30.7. The van der Waals surface area contributed by atoms with Crippen LogP contribution in [0.2, 0.25) is 0 Å². The number of aliphatic hydroxyl groups is 1. The maximum atomic E-state index is 14.8. The summed E-state index contributed by atoms with van der Waals surface area (Å²) in [4.78, 5) is 73.1. The molecule has 1 amide bonds. The van der Waals surface area contributed by atoms with Gasteiger partial charge in [0.2, 0.25) is 12.0 Å². The molecule has 2 aromatic rings. The maximum absolute atomic E-state index is 14.8. The van der Waals surface area contributed by atoms with Gasteiger partial charge in [-0.1, -0.05) is 62.4 Å². The van der Waals surface area contributed by atoms with Crippen molar-refractivity contribution < 1.29 is 62.3 Å². The number of esters is 4. The standard InChI is InChI=1S/C43H50N2O13/c1-40(2,3)55-31(48)16-14-28(22-46)44-39(51)43-20-29-32-33(57-42(56-32)18-26-11-6-7-12-27(26)19-42)35(43)58-45(34(43)37(49)53-29)21-25-10-8-9-24(17-25)13-15-30(47)54-36-38(50)52-23-41(36,4)5/h6-13,15,17,28-29,32-36,46H,14,16,18-23H2,1-5H3,(H,44,51)/t28-,29+,32-,33-,34-,35+,36-,43-/m0/s1. The predicted molar refractivity (Wildman–Crippen MR) is 202 cm³/mol. The van der Waals surface area contributed by atoms with Gasteiger partial charge in [-0.05, 0) is 55.5 Å². The van der Waals surface area contributed by atoms with Crippen molar-refractivity contribution in [3.63, 3.8) is 0 Å². The second-order valence-electron chi connectivity index (χ2n) is 17.9. The Balaban J connectivity index is 1.05. The molecule has 4 heterocycles. The Labute approximate surface area is 336 Å². The number of cyclic esters (lactones) is 1. The minimum Gasteiger partial charge on any atom is -0.462 e. The van der Waals surface area contributed by atoms with Gasteiger partial charge in [0.25, 0.3) is 0 Å². The lowest BCUT2D eigenvalue weighted by Gasteiger charge is -2.49. The Morgan fingerprint density at radius 3 is 2.41 bits per heavy atom. The number of benzene rings is 2. The lowest BCUT2D eigenvalue weighted by atomic mass is 9.62. The van der Waals surface area contributed by atoms with Crippen LogP contribution in [0.15, 0.2) is 54.6 Å². The van der Waals surface area contributed by atoms with Gasteiger partial charge < -0.3 is 38.8 Å². The number of hydrogen-bond acceptors (Lipinski definition) is 14. The molecular formula is C43H50N2O13. The SMILES string of the molecule is CC(C)(C)OC(=O)CC[C@@H](CO)NC(=O)[C@@]12C[C@H]3OC(=O)[C@@H]1N(Cc1cccc(C=CC(=O)O[C@H]4C(=O)OCC4(C)C)c1)O[C@@H]2[C@H]1OC2(Cc4ccccc4C2)O[C@H]13. The highest BCUT2D eigenvalue weighted by Crippen LogP contribution is 2.58. The summed E-state index contributed by atoms with van der Waals surface area (Å²) < 4.78 is 35.6. The monoisotopic (exact) mass is 802 g/mol. The van der Waals surface area contributed by atoms with E-state index in [0.29, 0.717) is 24.0 Å². The van der Waals surface area contributed by atoms with Gasteiger partial charge in [-0.3, -0.25) is 19.2 Å². The molecule has 8 rings (SSSR count). The van der Waals surface area contributed by atoms with Gasteiger partial charge in [0.15, 0.2) is 11.8 Å². The highest BCUT2D eigenvalue weighted by atomic mass is 16.8. The van der Waals surface area contributed by atoms with Gasteiger partial charge in [-0.25, -0.2) is 9.59 Å². The molecular weight excluding hydrogens is 752 g/mol. The number of carbonyl (C=O) groups is 5. The average Bonchev–Trinajstić information content (AvgIpc) is 3.89. The summed E-state index contributed by atoms with van der Waals surface area (Å²) in [6.45, 7) is 8.59. The van der Waals surface area contributed by atoms with Gasteiger partial charge in [-0.15, -0.1) is 0 Å². The Morgan fingerprint density at radius 1 is 1.02 bits per heavy atom. The highest BCUT2D eigenvalue weighted by molar-refractivity contribution is 5.94. The minimum absolute atomic E-state index is 0.0428. The Kier molecular flexibility index (Phi) is 10.3. The minimum atomic E-state index is -1.52. The molecule has 0 radical (unpaired) electrons. The van der Waals surface area contributed by atoms with Crippen molar-refractivity contribution in [3.8, 4) is 0 Å². The van der Waals surface area contributed by atoms with Crippen LogP contribution in [-0.2, 0) is 76.6 Å². The summed E-state index contributed by atoms with van der Waals surface area (Å²) in [5, 5.41) is 14.8. The smallest absolute Gasteiger partial charge is 0.348 e. The Hall–Kier alpha value is -4.67. The summed E-state index contributed by atoms with van der Waals surface area (Å²) >= 11 is 0. The number of ether oxygens (including phenoxy) is 6. The van der Waals surface area contributed by atoms with E-state index in [1.54, 1.807) is 58.9 Å². The second kappa shape index (κ2) is 14.9. The van der Waals surface area contributed by atoms with Gasteiger partial charge in [0.05, 0.1) is 19.2 Å². The molecule has 58 heavy (non-hydrogen) atoms. The molecule has 0 unspecified atom stereocenters.